The highest BCUT2D eigenvalue weighted by Gasteiger charge is 2.46. The van der Waals surface area contributed by atoms with Crippen LogP contribution in [0.4, 0.5) is 0 Å². The fourth-order valence-electron chi connectivity index (χ4n) is 2.04. The van der Waals surface area contributed by atoms with Crippen molar-refractivity contribution in [3.05, 3.63) is 0 Å². The lowest BCUT2D eigenvalue weighted by atomic mass is 10.1. The van der Waals surface area contributed by atoms with Crippen LogP contribution in [0.5, 0.6) is 0 Å². The van der Waals surface area contributed by atoms with Crippen LogP contribution >= 0.6 is 0 Å². The SMILES string of the molecule is CC1(C(=O)N2CCCNCCOCC2)CC1. The molecule has 0 bridgehead atoms. The Morgan fingerprint density at radius 1 is 1.25 bits per heavy atom. The van der Waals surface area contributed by atoms with Crippen LogP contribution in [0.15, 0.2) is 0 Å². The monoisotopic (exact) mass is 226 g/mol. The molecule has 1 aliphatic carbocycles. The molecule has 0 spiro atoms. The Balaban J connectivity index is 1.86. The Morgan fingerprint density at radius 2 is 2.06 bits per heavy atom. The number of carbonyl (C=O) groups excluding carboxylic acids is 1. The van der Waals surface area contributed by atoms with Crippen LogP contribution < -0.4 is 5.32 Å². The summed E-state index contributed by atoms with van der Waals surface area (Å²) in [5.74, 6) is 0.330. The minimum absolute atomic E-state index is 0.0441. The molecule has 1 amide bonds. The van der Waals surface area contributed by atoms with E-state index in [0.717, 1.165) is 52.0 Å². The van der Waals surface area contributed by atoms with Crippen molar-refractivity contribution in [3.63, 3.8) is 0 Å². The summed E-state index contributed by atoms with van der Waals surface area (Å²) >= 11 is 0. The number of nitrogens with one attached hydrogen (secondary N) is 1. The molecule has 0 radical (unpaired) electrons. The van der Waals surface area contributed by atoms with Gasteiger partial charge < -0.3 is 15.0 Å². The van der Waals surface area contributed by atoms with E-state index in [0.29, 0.717) is 12.5 Å². The summed E-state index contributed by atoms with van der Waals surface area (Å²) in [5.41, 5.74) is -0.0441. The lowest BCUT2D eigenvalue weighted by Crippen LogP contribution is -2.41. The van der Waals surface area contributed by atoms with Crippen LogP contribution in [-0.2, 0) is 9.53 Å². The molecule has 4 heteroatoms. The molecule has 4 nitrogen and oxygen atoms in total. The normalized spacial score (nSPS) is 26.2. The average molecular weight is 226 g/mol. The van der Waals surface area contributed by atoms with Gasteiger partial charge in [-0.2, -0.15) is 0 Å². The molecule has 2 rings (SSSR count). The Morgan fingerprint density at radius 3 is 2.81 bits per heavy atom. The molecule has 1 aliphatic heterocycles. The molecule has 1 N–H and O–H groups in total. The van der Waals surface area contributed by atoms with Crippen molar-refractivity contribution < 1.29 is 9.53 Å². The van der Waals surface area contributed by atoms with E-state index in [2.05, 4.69) is 12.2 Å². The third-order valence-corrected chi connectivity index (χ3v) is 3.51. The Labute approximate surface area is 97.3 Å². The number of ether oxygens (including phenoxy) is 1. The van der Waals surface area contributed by atoms with Gasteiger partial charge >= 0.3 is 0 Å². The summed E-state index contributed by atoms with van der Waals surface area (Å²) in [6, 6.07) is 0. The molecule has 0 aromatic heterocycles. The summed E-state index contributed by atoms with van der Waals surface area (Å²) in [7, 11) is 0. The van der Waals surface area contributed by atoms with Gasteiger partial charge in [-0.1, -0.05) is 6.92 Å². The van der Waals surface area contributed by atoms with Gasteiger partial charge in [-0.3, -0.25) is 4.79 Å². The van der Waals surface area contributed by atoms with Crippen molar-refractivity contribution in [1.82, 2.24) is 10.2 Å². The minimum atomic E-state index is -0.0441. The third-order valence-electron chi connectivity index (χ3n) is 3.51. The summed E-state index contributed by atoms with van der Waals surface area (Å²) < 4.78 is 5.47. The second kappa shape index (κ2) is 5.15. The Bertz CT molecular complexity index is 241. The van der Waals surface area contributed by atoms with E-state index in [1.54, 1.807) is 0 Å². The van der Waals surface area contributed by atoms with Crippen LogP contribution in [0, 0.1) is 5.41 Å². The fourth-order valence-corrected chi connectivity index (χ4v) is 2.04. The largest absolute Gasteiger partial charge is 0.378 e. The van der Waals surface area contributed by atoms with Crippen molar-refractivity contribution in [2.24, 2.45) is 5.41 Å². The topological polar surface area (TPSA) is 41.6 Å². The maximum absolute atomic E-state index is 12.2. The van der Waals surface area contributed by atoms with Crippen LogP contribution in [-0.4, -0.2) is 50.2 Å². The zero-order chi connectivity index (χ0) is 11.4. The lowest BCUT2D eigenvalue weighted by Gasteiger charge is -2.26. The van der Waals surface area contributed by atoms with E-state index in [1.807, 2.05) is 4.90 Å². The van der Waals surface area contributed by atoms with Gasteiger partial charge in [0.05, 0.1) is 13.2 Å². The standard InChI is InChI=1S/C12H22N2O2/c1-12(3-4-12)11(15)14-7-2-5-13-6-9-16-10-8-14/h13H,2-10H2,1H3. The molecule has 92 valence electrons. The van der Waals surface area contributed by atoms with Gasteiger partial charge in [0.1, 0.15) is 0 Å². The van der Waals surface area contributed by atoms with Crippen molar-refractivity contribution in [2.45, 2.75) is 26.2 Å². The molecule has 2 fully saturated rings. The zero-order valence-corrected chi connectivity index (χ0v) is 10.1. The van der Waals surface area contributed by atoms with Crippen molar-refractivity contribution >= 4 is 5.91 Å². The molecule has 1 saturated heterocycles. The first kappa shape index (κ1) is 11.9. The fraction of sp³-hybridized carbons (Fsp3) is 0.917. The number of rotatable bonds is 1. The number of nitrogens with zero attached hydrogens (tertiary/aromatic N) is 1. The predicted molar refractivity (Wildman–Crippen MR) is 62.2 cm³/mol. The van der Waals surface area contributed by atoms with Crippen LogP contribution in [0.25, 0.3) is 0 Å². The van der Waals surface area contributed by atoms with Crippen LogP contribution in [0.3, 0.4) is 0 Å². The van der Waals surface area contributed by atoms with Gasteiger partial charge in [-0.05, 0) is 25.8 Å². The minimum Gasteiger partial charge on any atom is -0.378 e. The van der Waals surface area contributed by atoms with Crippen molar-refractivity contribution in [1.29, 1.82) is 0 Å². The highest BCUT2D eigenvalue weighted by atomic mass is 16.5. The maximum Gasteiger partial charge on any atom is 0.228 e. The first-order valence-electron chi connectivity index (χ1n) is 6.30. The van der Waals surface area contributed by atoms with Gasteiger partial charge in [0, 0.05) is 25.0 Å². The second-order valence-electron chi connectivity index (χ2n) is 5.07. The molecule has 0 aromatic rings. The van der Waals surface area contributed by atoms with Crippen LogP contribution in [0.1, 0.15) is 26.2 Å². The Kier molecular flexibility index (Phi) is 3.82. The number of hydrogen-bond donors (Lipinski definition) is 1. The first-order valence-corrected chi connectivity index (χ1v) is 6.30. The van der Waals surface area contributed by atoms with E-state index in [-0.39, 0.29) is 5.41 Å². The zero-order valence-electron chi connectivity index (χ0n) is 10.1. The molecule has 2 aliphatic rings. The summed E-state index contributed by atoms with van der Waals surface area (Å²) in [4.78, 5) is 14.2. The molecular weight excluding hydrogens is 204 g/mol. The summed E-state index contributed by atoms with van der Waals surface area (Å²) in [6.45, 7) is 7.02. The third kappa shape index (κ3) is 2.95. The van der Waals surface area contributed by atoms with Gasteiger partial charge in [-0.25, -0.2) is 0 Å². The number of amides is 1. The highest BCUT2D eigenvalue weighted by molar-refractivity contribution is 5.84. The molecule has 0 atom stereocenters. The quantitative estimate of drug-likeness (QED) is 0.713. The van der Waals surface area contributed by atoms with Gasteiger partial charge in [-0.15, -0.1) is 0 Å². The predicted octanol–water partition coefficient (Wildman–Crippen LogP) is 0.625. The van der Waals surface area contributed by atoms with E-state index >= 15 is 0 Å². The molecule has 0 aromatic carbocycles. The van der Waals surface area contributed by atoms with E-state index < -0.39 is 0 Å². The van der Waals surface area contributed by atoms with E-state index in [1.165, 1.54) is 0 Å². The van der Waals surface area contributed by atoms with Crippen molar-refractivity contribution in [3.8, 4) is 0 Å². The highest BCUT2D eigenvalue weighted by Crippen LogP contribution is 2.46. The number of hydrogen-bond acceptors (Lipinski definition) is 3. The van der Waals surface area contributed by atoms with E-state index in [4.69, 9.17) is 4.74 Å². The molecule has 16 heavy (non-hydrogen) atoms. The Hall–Kier alpha value is -0.610. The average Bonchev–Trinajstić information content (AvgIpc) is 3.04. The summed E-state index contributed by atoms with van der Waals surface area (Å²) in [6.07, 6.45) is 3.16. The first-order chi connectivity index (χ1) is 7.72. The lowest BCUT2D eigenvalue weighted by molar-refractivity contribution is -0.137. The van der Waals surface area contributed by atoms with Crippen molar-refractivity contribution in [2.75, 3.05) is 39.4 Å². The smallest absolute Gasteiger partial charge is 0.228 e. The van der Waals surface area contributed by atoms with Gasteiger partial charge in [0.2, 0.25) is 5.91 Å². The van der Waals surface area contributed by atoms with Gasteiger partial charge in [0.15, 0.2) is 0 Å². The molecule has 1 heterocycles. The summed E-state index contributed by atoms with van der Waals surface area (Å²) in [5, 5.41) is 3.31. The molecular formula is C12H22N2O2. The number of carbonyl (C=O) groups is 1. The van der Waals surface area contributed by atoms with Gasteiger partial charge in [0.25, 0.3) is 0 Å². The maximum atomic E-state index is 12.2. The second-order valence-corrected chi connectivity index (χ2v) is 5.07. The van der Waals surface area contributed by atoms with Crippen LogP contribution in [0.2, 0.25) is 0 Å². The molecule has 0 unspecified atom stereocenters. The molecule has 1 saturated carbocycles. The van der Waals surface area contributed by atoms with E-state index in [9.17, 15) is 4.79 Å².